The van der Waals surface area contributed by atoms with E-state index in [9.17, 15) is 0 Å². The van der Waals surface area contributed by atoms with Gasteiger partial charge >= 0.3 is 0 Å². The lowest BCUT2D eigenvalue weighted by molar-refractivity contribution is 1.20. The molecule has 3 heteroatoms. The van der Waals surface area contributed by atoms with Gasteiger partial charge in [-0.25, -0.2) is 0 Å². The molecule has 0 aliphatic rings. The van der Waals surface area contributed by atoms with Gasteiger partial charge < -0.3 is 5.32 Å². The minimum Gasteiger partial charge on any atom is -0.384 e. The van der Waals surface area contributed by atoms with Crippen LogP contribution in [0.3, 0.4) is 0 Å². The normalized spacial score (nSPS) is 8.54. The highest BCUT2D eigenvalue weighted by Crippen LogP contribution is 2.17. The number of rotatable bonds is 2. The Labute approximate surface area is 77.2 Å². The molecule has 1 N–H and O–H groups in total. The minimum atomic E-state index is 0.418. The molecular weight excluding hydrogens is 162 g/mol. The van der Waals surface area contributed by atoms with Crippen molar-refractivity contribution in [1.82, 2.24) is 0 Å². The van der Waals surface area contributed by atoms with Gasteiger partial charge in [0.2, 0.25) is 0 Å². The van der Waals surface area contributed by atoms with Gasteiger partial charge in [0, 0.05) is 6.54 Å². The Balaban J connectivity index is 3.23. The fourth-order valence-electron chi connectivity index (χ4n) is 1.10. The number of anilines is 1. The first-order valence-electron chi connectivity index (χ1n) is 4.00. The second-order valence-corrected chi connectivity index (χ2v) is 2.48. The van der Waals surface area contributed by atoms with Gasteiger partial charge in [0.25, 0.3) is 0 Å². The van der Waals surface area contributed by atoms with E-state index in [2.05, 4.69) is 5.32 Å². The molecule has 13 heavy (non-hydrogen) atoms. The van der Waals surface area contributed by atoms with Crippen LogP contribution >= 0.6 is 0 Å². The maximum absolute atomic E-state index is 8.82. The van der Waals surface area contributed by atoms with Crippen LogP contribution in [0, 0.1) is 22.7 Å². The fourth-order valence-corrected chi connectivity index (χ4v) is 1.10. The van der Waals surface area contributed by atoms with Crippen molar-refractivity contribution in [2.75, 3.05) is 11.9 Å². The fraction of sp³-hybridized carbons (Fsp3) is 0.200. The largest absolute Gasteiger partial charge is 0.384 e. The Kier molecular flexibility index (Phi) is 2.89. The van der Waals surface area contributed by atoms with Crippen molar-refractivity contribution in [2.24, 2.45) is 0 Å². The first-order chi connectivity index (χ1) is 6.33. The summed E-state index contributed by atoms with van der Waals surface area (Å²) in [6, 6.07) is 9.19. The zero-order valence-electron chi connectivity index (χ0n) is 7.33. The second-order valence-electron chi connectivity index (χ2n) is 2.48. The average molecular weight is 171 g/mol. The topological polar surface area (TPSA) is 59.6 Å². The van der Waals surface area contributed by atoms with Crippen molar-refractivity contribution >= 4 is 5.69 Å². The van der Waals surface area contributed by atoms with Crippen LogP contribution in [0.4, 0.5) is 5.69 Å². The Morgan fingerprint density at radius 2 is 2.08 bits per heavy atom. The molecule has 1 aromatic rings. The van der Waals surface area contributed by atoms with Crippen LogP contribution < -0.4 is 5.32 Å². The van der Waals surface area contributed by atoms with Gasteiger partial charge in [0.1, 0.15) is 12.1 Å². The molecule has 0 atom stereocenters. The Morgan fingerprint density at radius 1 is 1.31 bits per heavy atom. The van der Waals surface area contributed by atoms with Crippen molar-refractivity contribution < 1.29 is 0 Å². The molecule has 0 aliphatic heterocycles. The number of nitriles is 2. The average Bonchev–Trinajstić information content (AvgIpc) is 2.18. The SMILES string of the molecule is CCNc1cccc(C#N)c1C#N. The first kappa shape index (κ1) is 9.09. The van der Waals surface area contributed by atoms with E-state index in [-0.39, 0.29) is 0 Å². The van der Waals surface area contributed by atoms with Crippen LogP contribution in [0.2, 0.25) is 0 Å². The van der Waals surface area contributed by atoms with Gasteiger partial charge in [-0.15, -0.1) is 0 Å². The second kappa shape index (κ2) is 4.13. The monoisotopic (exact) mass is 171 g/mol. The predicted octanol–water partition coefficient (Wildman–Crippen LogP) is 1.86. The summed E-state index contributed by atoms with van der Waals surface area (Å²) < 4.78 is 0. The molecule has 0 spiro atoms. The van der Waals surface area contributed by atoms with Crippen LogP contribution in [0.1, 0.15) is 18.1 Å². The van der Waals surface area contributed by atoms with E-state index in [1.165, 1.54) is 0 Å². The van der Waals surface area contributed by atoms with Crippen LogP contribution in [0.15, 0.2) is 18.2 Å². The smallest absolute Gasteiger partial charge is 0.103 e. The van der Waals surface area contributed by atoms with E-state index in [1.807, 2.05) is 19.1 Å². The van der Waals surface area contributed by atoms with Crippen molar-refractivity contribution in [3.8, 4) is 12.1 Å². The molecule has 0 radical (unpaired) electrons. The zero-order valence-corrected chi connectivity index (χ0v) is 7.33. The third-order valence-corrected chi connectivity index (χ3v) is 1.66. The van der Waals surface area contributed by atoms with E-state index < -0.39 is 0 Å². The molecule has 0 aromatic heterocycles. The predicted molar refractivity (Wildman–Crippen MR) is 50.0 cm³/mol. The number of hydrogen-bond acceptors (Lipinski definition) is 3. The molecular formula is C10H9N3. The molecule has 0 saturated heterocycles. The maximum atomic E-state index is 8.82. The molecule has 0 saturated carbocycles. The van der Waals surface area contributed by atoms with Gasteiger partial charge in [-0.05, 0) is 19.1 Å². The summed E-state index contributed by atoms with van der Waals surface area (Å²) in [5.74, 6) is 0. The highest BCUT2D eigenvalue weighted by molar-refractivity contribution is 5.63. The number of nitrogens with one attached hydrogen (secondary N) is 1. The lowest BCUT2D eigenvalue weighted by atomic mass is 10.1. The molecule has 0 heterocycles. The van der Waals surface area contributed by atoms with Crippen molar-refractivity contribution in [1.29, 1.82) is 10.5 Å². The third-order valence-electron chi connectivity index (χ3n) is 1.66. The van der Waals surface area contributed by atoms with Crippen molar-refractivity contribution in [2.45, 2.75) is 6.92 Å². The molecule has 0 fully saturated rings. The highest BCUT2D eigenvalue weighted by Gasteiger charge is 2.05. The summed E-state index contributed by atoms with van der Waals surface area (Å²) in [5, 5.41) is 20.6. The van der Waals surface area contributed by atoms with Gasteiger partial charge in [0.05, 0.1) is 16.8 Å². The Bertz CT molecular complexity index is 382. The van der Waals surface area contributed by atoms with Crippen LogP contribution in [-0.4, -0.2) is 6.54 Å². The van der Waals surface area contributed by atoms with Crippen LogP contribution in [0.25, 0.3) is 0 Å². The van der Waals surface area contributed by atoms with Gasteiger partial charge in [-0.2, -0.15) is 10.5 Å². The molecule has 0 aliphatic carbocycles. The summed E-state index contributed by atoms with van der Waals surface area (Å²) in [7, 11) is 0. The lowest BCUT2D eigenvalue weighted by Gasteiger charge is -2.05. The van der Waals surface area contributed by atoms with E-state index in [0.717, 1.165) is 12.2 Å². The number of hydrogen-bond donors (Lipinski definition) is 1. The highest BCUT2D eigenvalue weighted by atomic mass is 14.9. The third kappa shape index (κ3) is 1.77. The van der Waals surface area contributed by atoms with Crippen molar-refractivity contribution in [3.63, 3.8) is 0 Å². The van der Waals surface area contributed by atoms with E-state index >= 15 is 0 Å². The van der Waals surface area contributed by atoms with Gasteiger partial charge in [0.15, 0.2) is 0 Å². The van der Waals surface area contributed by atoms with E-state index in [0.29, 0.717) is 11.1 Å². The van der Waals surface area contributed by atoms with Gasteiger partial charge in [-0.3, -0.25) is 0 Å². The molecule has 64 valence electrons. The molecule has 0 unspecified atom stereocenters. The quantitative estimate of drug-likeness (QED) is 0.738. The summed E-state index contributed by atoms with van der Waals surface area (Å²) in [5.41, 5.74) is 1.57. The summed E-state index contributed by atoms with van der Waals surface area (Å²) in [6.45, 7) is 2.68. The van der Waals surface area contributed by atoms with E-state index in [4.69, 9.17) is 10.5 Å². The summed E-state index contributed by atoms with van der Waals surface area (Å²) in [4.78, 5) is 0. The standard InChI is InChI=1S/C10H9N3/c1-2-13-10-5-3-4-8(6-11)9(10)7-12/h3-5,13H,2H2,1H3. The van der Waals surface area contributed by atoms with Crippen molar-refractivity contribution in [3.05, 3.63) is 29.3 Å². The molecule has 1 rings (SSSR count). The van der Waals surface area contributed by atoms with Crippen LogP contribution in [-0.2, 0) is 0 Å². The Morgan fingerprint density at radius 3 is 2.62 bits per heavy atom. The molecule has 0 bridgehead atoms. The minimum absolute atomic E-state index is 0.418. The summed E-state index contributed by atoms with van der Waals surface area (Å²) >= 11 is 0. The van der Waals surface area contributed by atoms with Gasteiger partial charge in [-0.1, -0.05) is 6.07 Å². The molecule has 3 nitrogen and oxygen atoms in total. The lowest BCUT2D eigenvalue weighted by Crippen LogP contribution is -2.00. The van der Waals surface area contributed by atoms with E-state index in [1.54, 1.807) is 18.2 Å². The molecule has 0 amide bonds. The number of benzene rings is 1. The molecule has 1 aromatic carbocycles. The Hall–Kier alpha value is -2.00. The zero-order chi connectivity index (χ0) is 9.68. The van der Waals surface area contributed by atoms with Crippen LogP contribution in [0.5, 0.6) is 0 Å². The maximum Gasteiger partial charge on any atom is 0.103 e. The number of nitrogens with zero attached hydrogens (tertiary/aromatic N) is 2. The first-order valence-corrected chi connectivity index (χ1v) is 4.00. The summed E-state index contributed by atoms with van der Waals surface area (Å²) in [6.07, 6.45) is 0.